The summed E-state index contributed by atoms with van der Waals surface area (Å²) in [4.78, 5) is 23.7. The molecule has 0 radical (unpaired) electrons. The summed E-state index contributed by atoms with van der Waals surface area (Å²) in [6.07, 6.45) is 0. The van der Waals surface area contributed by atoms with Gasteiger partial charge in [-0.3, -0.25) is 4.90 Å². The molecule has 1 aromatic carbocycles. The number of hydrogen-bond donors (Lipinski definition) is 2. The number of carboxylic acid groups (broad SMARTS) is 1. The van der Waals surface area contributed by atoms with Crippen LogP contribution in [0.25, 0.3) is 0 Å². The predicted octanol–water partition coefficient (Wildman–Crippen LogP) is 1.32. The van der Waals surface area contributed by atoms with Crippen molar-refractivity contribution in [2.75, 3.05) is 31.2 Å². The maximum Gasteiger partial charge on any atom is 0.329 e. The summed E-state index contributed by atoms with van der Waals surface area (Å²) >= 11 is 0. The largest absolute Gasteiger partial charge is 0.480 e. The molecule has 2 amide bonds. The van der Waals surface area contributed by atoms with E-state index in [0.29, 0.717) is 6.54 Å². The number of carbonyl (C=O) groups excluding carboxylic acids is 1. The molecule has 0 unspecified atom stereocenters. The van der Waals surface area contributed by atoms with Gasteiger partial charge in [-0.25, -0.2) is 9.59 Å². The lowest BCUT2D eigenvalue weighted by Gasteiger charge is -2.21. The number of hydrogen-bond acceptors (Lipinski definition) is 3. The summed E-state index contributed by atoms with van der Waals surface area (Å²) in [5.74, 6) is -1.02. The normalized spacial score (nSPS) is 9.95. The van der Waals surface area contributed by atoms with Gasteiger partial charge in [0.1, 0.15) is 6.61 Å². The number of para-hydroxylation sites is 1. The van der Waals surface area contributed by atoms with Crippen molar-refractivity contribution in [1.29, 1.82) is 0 Å². The van der Waals surface area contributed by atoms with E-state index in [1.165, 1.54) is 0 Å². The molecule has 0 fully saturated rings. The second-order valence-corrected chi connectivity index (χ2v) is 3.76. The van der Waals surface area contributed by atoms with Crippen molar-refractivity contribution in [3.8, 4) is 0 Å². The lowest BCUT2D eigenvalue weighted by molar-refractivity contribution is -0.142. The van der Waals surface area contributed by atoms with Crippen LogP contribution < -0.4 is 10.2 Å². The molecule has 0 heterocycles. The van der Waals surface area contributed by atoms with Crippen LogP contribution in [0.5, 0.6) is 0 Å². The van der Waals surface area contributed by atoms with Crippen LogP contribution in [0.4, 0.5) is 10.5 Å². The summed E-state index contributed by atoms with van der Waals surface area (Å²) < 4.78 is 4.83. The first-order valence-corrected chi connectivity index (χ1v) is 6.05. The fourth-order valence-electron chi connectivity index (χ4n) is 1.54. The maximum absolute atomic E-state index is 11.9. The van der Waals surface area contributed by atoms with Gasteiger partial charge in [0.15, 0.2) is 0 Å². The zero-order valence-corrected chi connectivity index (χ0v) is 10.8. The molecule has 104 valence electrons. The molecule has 1 rings (SSSR count). The van der Waals surface area contributed by atoms with Gasteiger partial charge in [0, 0.05) is 18.8 Å². The number of benzene rings is 1. The average molecular weight is 266 g/mol. The van der Waals surface area contributed by atoms with Crippen LogP contribution in [-0.4, -0.2) is 43.4 Å². The van der Waals surface area contributed by atoms with Crippen LogP contribution in [0.1, 0.15) is 6.92 Å². The third-order valence-corrected chi connectivity index (χ3v) is 2.38. The summed E-state index contributed by atoms with van der Waals surface area (Å²) in [6.45, 7) is 2.52. The minimum atomic E-state index is -1.02. The molecule has 19 heavy (non-hydrogen) atoms. The molecular formula is C13H18N2O4. The summed E-state index contributed by atoms with van der Waals surface area (Å²) in [7, 11) is 0. The smallest absolute Gasteiger partial charge is 0.329 e. The van der Waals surface area contributed by atoms with Gasteiger partial charge in [-0.1, -0.05) is 18.2 Å². The molecule has 0 saturated heterocycles. The first-order chi connectivity index (χ1) is 9.15. The Morgan fingerprint density at radius 3 is 2.58 bits per heavy atom. The minimum absolute atomic E-state index is 0.171. The Hall–Kier alpha value is -2.08. The first-order valence-electron chi connectivity index (χ1n) is 6.05. The van der Waals surface area contributed by atoms with Crippen LogP contribution in [-0.2, 0) is 9.53 Å². The molecule has 0 aliphatic rings. The van der Waals surface area contributed by atoms with E-state index in [2.05, 4.69) is 5.32 Å². The predicted molar refractivity (Wildman–Crippen MR) is 71.3 cm³/mol. The summed E-state index contributed by atoms with van der Waals surface area (Å²) in [5.41, 5.74) is 0.814. The third kappa shape index (κ3) is 5.39. The highest BCUT2D eigenvalue weighted by atomic mass is 16.5. The molecular weight excluding hydrogens is 248 g/mol. The molecule has 0 spiro atoms. The van der Waals surface area contributed by atoms with Gasteiger partial charge < -0.3 is 15.2 Å². The van der Waals surface area contributed by atoms with E-state index in [4.69, 9.17) is 9.84 Å². The van der Waals surface area contributed by atoms with Crippen molar-refractivity contribution in [2.45, 2.75) is 6.92 Å². The van der Waals surface area contributed by atoms with E-state index in [9.17, 15) is 9.59 Å². The van der Waals surface area contributed by atoms with Crippen LogP contribution in [0, 0.1) is 0 Å². The van der Waals surface area contributed by atoms with Gasteiger partial charge in [-0.2, -0.15) is 0 Å². The molecule has 0 aliphatic carbocycles. The van der Waals surface area contributed by atoms with Crippen molar-refractivity contribution < 1.29 is 19.4 Å². The number of nitrogens with zero attached hydrogens (tertiary/aromatic N) is 1. The number of ether oxygens (including phenoxy) is 1. The molecule has 6 nitrogen and oxygen atoms in total. The van der Waals surface area contributed by atoms with E-state index >= 15 is 0 Å². The van der Waals surface area contributed by atoms with Crippen LogP contribution in [0.2, 0.25) is 0 Å². The Kier molecular flexibility index (Phi) is 6.38. The zero-order valence-electron chi connectivity index (χ0n) is 10.8. The average Bonchev–Trinajstić information content (AvgIpc) is 2.40. The van der Waals surface area contributed by atoms with Crippen molar-refractivity contribution in [2.24, 2.45) is 0 Å². The Morgan fingerprint density at radius 1 is 1.32 bits per heavy atom. The lowest BCUT2D eigenvalue weighted by atomic mass is 10.3. The Balaban J connectivity index is 2.37. The van der Waals surface area contributed by atoms with E-state index < -0.39 is 5.97 Å². The van der Waals surface area contributed by atoms with Crippen molar-refractivity contribution in [1.82, 2.24) is 5.32 Å². The minimum Gasteiger partial charge on any atom is -0.480 e. The number of carboxylic acids is 1. The SMILES string of the molecule is CCN(C(=O)NCCOCC(=O)O)c1ccccc1. The summed E-state index contributed by atoms with van der Waals surface area (Å²) in [6, 6.07) is 9.08. The molecule has 0 saturated carbocycles. The Morgan fingerprint density at radius 2 is 2.00 bits per heavy atom. The quantitative estimate of drug-likeness (QED) is 0.730. The van der Waals surface area contributed by atoms with Gasteiger partial charge in [0.25, 0.3) is 0 Å². The number of amides is 2. The number of carbonyl (C=O) groups is 2. The number of urea groups is 1. The Bertz CT molecular complexity index is 408. The number of nitrogens with one attached hydrogen (secondary N) is 1. The molecule has 2 N–H and O–H groups in total. The fraction of sp³-hybridized carbons (Fsp3) is 0.385. The van der Waals surface area contributed by atoms with Gasteiger partial charge in [-0.15, -0.1) is 0 Å². The van der Waals surface area contributed by atoms with Crippen molar-refractivity contribution in [3.63, 3.8) is 0 Å². The molecule has 6 heteroatoms. The van der Waals surface area contributed by atoms with E-state index in [1.807, 2.05) is 37.3 Å². The standard InChI is InChI=1S/C13H18N2O4/c1-2-15(11-6-4-3-5-7-11)13(18)14-8-9-19-10-12(16)17/h3-7H,2,8-10H2,1H3,(H,14,18)(H,16,17). The van der Waals surface area contributed by atoms with E-state index in [-0.39, 0.29) is 25.8 Å². The topological polar surface area (TPSA) is 78.9 Å². The Labute approximate surface area is 112 Å². The molecule has 0 aromatic heterocycles. The van der Waals surface area contributed by atoms with Gasteiger partial charge in [0.2, 0.25) is 0 Å². The number of rotatable bonds is 7. The van der Waals surface area contributed by atoms with Gasteiger partial charge >= 0.3 is 12.0 Å². The van der Waals surface area contributed by atoms with Gasteiger partial charge in [-0.05, 0) is 19.1 Å². The highest BCUT2D eigenvalue weighted by Crippen LogP contribution is 2.12. The monoisotopic (exact) mass is 266 g/mol. The highest BCUT2D eigenvalue weighted by Gasteiger charge is 2.12. The molecule has 0 atom stereocenters. The molecule has 0 aliphatic heterocycles. The van der Waals surface area contributed by atoms with Crippen molar-refractivity contribution in [3.05, 3.63) is 30.3 Å². The van der Waals surface area contributed by atoms with Crippen LogP contribution >= 0.6 is 0 Å². The second-order valence-electron chi connectivity index (χ2n) is 3.76. The van der Waals surface area contributed by atoms with Crippen LogP contribution in [0.15, 0.2) is 30.3 Å². The lowest BCUT2D eigenvalue weighted by Crippen LogP contribution is -2.41. The first kappa shape index (κ1) is 15.0. The fourth-order valence-corrected chi connectivity index (χ4v) is 1.54. The second kappa shape index (κ2) is 8.10. The number of anilines is 1. The zero-order chi connectivity index (χ0) is 14.1. The van der Waals surface area contributed by atoms with E-state index in [0.717, 1.165) is 5.69 Å². The molecule has 1 aromatic rings. The van der Waals surface area contributed by atoms with Crippen LogP contribution in [0.3, 0.4) is 0 Å². The van der Waals surface area contributed by atoms with Crippen molar-refractivity contribution >= 4 is 17.7 Å². The van der Waals surface area contributed by atoms with Gasteiger partial charge in [0.05, 0.1) is 6.61 Å². The van der Waals surface area contributed by atoms with E-state index in [1.54, 1.807) is 4.90 Å². The summed E-state index contributed by atoms with van der Waals surface area (Å²) in [5, 5.41) is 11.1. The highest BCUT2D eigenvalue weighted by molar-refractivity contribution is 5.91. The third-order valence-electron chi connectivity index (χ3n) is 2.38. The molecule has 0 bridgehead atoms. The maximum atomic E-state index is 11.9. The number of aliphatic carboxylic acids is 1.